The minimum Gasteiger partial charge on any atom is -0.490 e. The number of ketones is 1. The monoisotopic (exact) mass is 232 g/mol. The number of aryl methyl sites for hydroxylation is 1. The first-order chi connectivity index (χ1) is 8.16. The molecule has 0 radical (unpaired) electrons. The van der Waals surface area contributed by atoms with Crippen molar-refractivity contribution in [1.29, 1.82) is 0 Å². The third-order valence-electron chi connectivity index (χ3n) is 3.39. The molecule has 0 spiro atoms. The second-order valence-electron chi connectivity index (χ2n) is 4.95. The smallest absolute Gasteiger partial charge is 0.134 e. The maximum absolute atomic E-state index is 11.3. The molecular formula is C15H20O2. The Hall–Kier alpha value is -1.31. The summed E-state index contributed by atoms with van der Waals surface area (Å²) in [5.74, 6) is 1.10. The van der Waals surface area contributed by atoms with Crippen molar-refractivity contribution in [2.75, 3.05) is 0 Å². The van der Waals surface area contributed by atoms with Crippen LogP contribution in [-0.4, -0.2) is 11.9 Å². The highest BCUT2D eigenvalue weighted by Gasteiger charge is 2.18. The molecule has 0 amide bonds. The molecule has 1 aliphatic carbocycles. The topological polar surface area (TPSA) is 26.3 Å². The standard InChI is InChI=1S/C15H20O2/c1-11-6-5-9-15(14(11)10-12(2)16)17-13-7-3-4-8-13/h5-6,9,13H,3-4,7-8,10H2,1-2H3. The van der Waals surface area contributed by atoms with Crippen LogP contribution in [0.2, 0.25) is 0 Å². The van der Waals surface area contributed by atoms with Crippen LogP contribution in [0.25, 0.3) is 0 Å². The van der Waals surface area contributed by atoms with Gasteiger partial charge in [0.1, 0.15) is 11.5 Å². The Morgan fingerprint density at radius 1 is 1.35 bits per heavy atom. The second-order valence-corrected chi connectivity index (χ2v) is 4.95. The van der Waals surface area contributed by atoms with E-state index in [1.807, 2.05) is 25.1 Å². The van der Waals surface area contributed by atoms with Crippen LogP contribution < -0.4 is 4.74 Å². The molecule has 0 saturated heterocycles. The highest BCUT2D eigenvalue weighted by Crippen LogP contribution is 2.28. The van der Waals surface area contributed by atoms with E-state index in [9.17, 15) is 4.79 Å². The largest absolute Gasteiger partial charge is 0.490 e. The third kappa shape index (κ3) is 3.09. The Morgan fingerprint density at radius 3 is 2.71 bits per heavy atom. The van der Waals surface area contributed by atoms with Crippen LogP contribution in [0.5, 0.6) is 5.75 Å². The summed E-state index contributed by atoms with van der Waals surface area (Å²) >= 11 is 0. The molecule has 2 nitrogen and oxygen atoms in total. The molecule has 1 saturated carbocycles. The fraction of sp³-hybridized carbons (Fsp3) is 0.533. The summed E-state index contributed by atoms with van der Waals surface area (Å²) in [5, 5.41) is 0. The summed E-state index contributed by atoms with van der Waals surface area (Å²) in [4.78, 5) is 11.3. The van der Waals surface area contributed by atoms with Crippen molar-refractivity contribution >= 4 is 5.78 Å². The van der Waals surface area contributed by atoms with Crippen molar-refractivity contribution in [3.05, 3.63) is 29.3 Å². The molecule has 0 bridgehead atoms. The molecular weight excluding hydrogens is 212 g/mol. The van der Waals surface area contributed by atoms with Crippen molar-refractivity contribution in [1.82, 2.24) is 0 Å². The van der Waals surface area contributed by atoms with E-state index in [4.69, 9.17) is 4.74 Å². The fourth-order valence-electron chi connectivity index (χ4n) is 2.45. The molecule has 0 heterocycles. The van der Waals surface area contributed by atoms with Gasteiger partial charge in [0, 0.05) is 12.0 Å². The van der Waals surface area contributed by atoms with Gasteiger partial charge < -0.3 is 4.74 Å². The van der Waals surface area contributed by atoms with Crippen molar-refractivity contribution in [2.24, 2.45) is 0 Å². The Balaban J connectivity index is 2.19. The van der Waals surface area contributed by atoms with E-state index in [-0.39, 0.29) is 5.78 Å². The molecule has 0 aromatic heterocycles. The van der Waals surface area contributed by atoms with Gasteiger partial charge in [0.15, 0.2) is 0 Å². The van der Waals surface area contributed by atoms with Gasteiger partial charge in [-0.15, -0.1) is 0 Å². The highest BCUT2D eigenvalue weighted by atomic mass is 16.5. The van der Waals surface area contributed by atoms with E-state index in [2.05, 4.69) is 0 Å². The Labute approximate surface area is 103 Å². The van der Waals surface area contributed by atoms with E-state index in [0.29, 0.717) is 12.5 Å². The molecule has 0 aliphatic heterocycles. The zero-order chi connectivity index (χ0) is 12.3. The molecule has 1 aromatic rings. The number of carbonyl (C=O) groups excluding carboxylic acids is 1. The van der Waals surface area contributed by atoms with Crippen LogP contribution in [0.3, 0.4) is 0 Å². The minimum absolute atomic E-state index is 0.190. The molecule has 1 aromatic carbocycles. The van der Waals surface area contributed by atoms with Gasteiger partial charge in [-0.05, 0) is 51.2 Å². The van der Waals surface area contributed by atoms with Crippen LogP contribution >= 0.6 is 0 Å². The van der Waals surface area contributed by atoms with Crippen molar-refractivity contribution < 1.29 is 9.53 Å². The highest BCUT2D eigenvalue weighted by molar-refractivity contribution is 5.79. The number of carbonyl (C=O) groups is 1. The molecule has 0 N–H and O–H groups in total. The van der Waals surface area contributed by atoms with Gasteiger partial charge in [0.05, 0.1) is 6.10 Å². The zero-order valence-corrected chi connectivity index (χ0v) is 10.7. The Morgan fingerprint density at radius 2 is 2.06 bits per heavy atom. The Bertz CT molecular complexity index is 403. The van der Waals surface area contributed by atoms with Crippen LogP contribution in [0, 0.1) is 6.92 Å². The van der Waals surface area contributed by atoms with Crippen LogP contribution in [0.15, 0.2) is 18.2 Å². The first kappa shape index (κ1) is 12.2. The van der Waals surface area contributed by atoms with Crippen LogP contribution in [0.4, 0.5) is 0 Å². The minimum atomic E-state index is 0.190. The van der Waals surface area contributed by atoms with E-state index >= 15 is 0 Å². The molecule has 0 atom stereocenters. The average Bonchev–Trinajstić information content (AvgIpc) is 2.75. The lowest BCUT2D eigenvalue weighted by atomic mass is 10.0. The van der Waals surface area contributed by atoms with Gasteiger partial charge in [0.2, 0.25) is 0 Å². The summed E-state index contributed by atoms with van der Waals surface area (Å²) < 4.78 is 6.04. The number of benzene rings is 1. The van der Waals surface area contributed by atoms with Gasteiger partial charge in [-0.2, -0.15) is 0 Å². The first-order valence-electron chi connectivity index (χ1n) is 6.41. The number of ether oxygens (including phenoxy) is 1. The SMILES string of the molecule is CC(=O)Cc1c(C)cccc1OC1CCCC1. The molecule has 1 aliphatic rings. The van der Waals surface area contributed by atoms with Gasteiger partial charge in [-0.3, -0.25) is 4.79 Å². The maximum Gasteiger partial charge on any atom is 0.134 e. The van der Waals surface area contributed by atoms with E-state index < -0.39 is 0 Å². The van der Waals surface area contributed by atoms with Gasteiger partial charge in [-0.1, -0.05) is 12.1 Å². The number of Topliss-reactive ketones (excluding diaryl/α,β-unsaturated/α-hetero) is 1. The van der Waals surface area contributed by atoms with Crippen molar-refractivity contribution in [3.63, 3.8) is 0 Å². The van der Waals surface area contributed by atoms with E-state index in [1.165, 1.54) is 12.8 Å². The van der Waals surface area contributed by atoms with Crippen LogP contribution in [-0.2, 0) is 11.2 Å². The number of rotatable bonds is 4. The lowest BCUT2D eigenvalue weighted by molar-refractivity contribution is -0.116. The molecule has 2 heteroatoms. The summed E-state index contributed by atoms with van der Waals surface area (Å²) in [6.07, 6.45) is 5.65. The Kier molecular flexibility index (Phi) is 3.82. The lowest BCUT2D eigenvalue weighted by Gasteiger charge is -2.17. The molecule has 92 valence electrons. The molecule has 17 heavy (non-hydrogen) atoms. The summed E-state index contributed by atoms with van der Waals surface area (Å²) in [5.41, 5.74) is 2.21. The first-order valence-corrected chi connectivity index (χ1v) is 6.41. The quantitative estimate of drug-likeness (QED) is 0.794. The average molecular weight is 232 g/mol. The lowest BCUT2D eigenvalue weighted by Crippen LogP contribution is -2.13. The number of hydrogen-bond donors (Lipinski definition) is 0. The predicted molar refractivity (Wildman–Crippen MR) is 68.4 cm³/mol. The fourth-order valence-corrected chi connectivity index (χ4v) is 2.45. The van der Waals surface area contributed by atoms with Gasteiger partial charge >= 0.3 is 0 Å². The second kappa shape index (κ2) is 5.35. The summed E-state index contributed by atoms with van der Waals surface area (Å²) in [6, 6.07) is 6.03. The normalized spacial score (nSPS) is 16.1. The molecule has 2 rings (SSSR count). The van der Waals surface area contributed by atoms with E-state index in [1.54, 1.807) is 6.92 Å². The van der Waals surface area contributed by atoms with Gasteiger partial charge in [0.25, 0.3) is 0 Å². The maximum atomic E-state index is 11.3. The van der Waals surface area contributed by atoms with Gasteiger partial charge in [-0.25, -0.2) is 0 Å². The van der Waals surface area contributed by atoms with Crippen molar-refractivity contribution in [2.45, 2.75) is 52.1 Å². The summed E-state index contributed by atoms with van der Waals surface area (Å²) in [6.45, 7) is 3.67. The zero-order valence-electron chi connectivity index (χ0n) is 10.7. The van der Waals surface area contributed by atoms with Crippen molar-refractivity contribution in [3.8, 4) is 5.75 Å². The number of hydrogen-bond acceptors (Lipinski definition) is 2. The molecule has 1 fully saturated rings. The van der Waals surface area contributed by atoms with E-state index in [0.717, 1.165) is 29.7 Å². The molecule has 0 unspecified atom stereocenters. The third-order valence-corrected chi connectivity index (χ3v) is 3.39. The predicted octanol–water partition coefficient (Wildman–Crippen LogP) is 3.45. The van der Waals surface area contributed by atoms with Crippen LogP contribution in [0.1, 0.15) is 43.7 Å². The summed E-state index contributed by atoms with van der Waals surface area (Å²) in [7, 11) is 0.